The molecule has 0 bridgehead atoms. The highest BCUT2D eigenvalue weighted by Gasteiger charge is 2.30. The van der Waals surface area contributed by atoms with Crippen LogP contribution in [-0.2, 0) is 4.79 Å². The van der Waals surface area contributed by atoms with Gasteiger partial charge in [0, 0.05) is 25.2 Å². The monoisotopic (exact) mass is 341 g/mol. The highest BCUT2D eigenvalue weighted by Crippen LogP contribution is 2.31. The zero-order chi connectivity index (χ0) is 17.2. The van der Waals surface area contributed by atoms with Crippen molar-refractivity contribution in [2.75, 3.05) is 13.1 Å². The standard InChI is InChI=1S/C20H24FN3O/c21-18-5-7-19(8-6-18)24-14-17(13-22-24)15-9-11-23(12-10-15)20(25)16-3-1-2-4-16/h5-8,13-16H,1-4,9-12H2. The van der Waals surface area contributed by atoms with E-state index in [1.54, 1.807) is 16.8 Å². The van der Waals surface area contributed by atoms with Gasteiger partial charge in [-0.25, -0.2) is 9.07 Å². The molecule has 0 unspecified atom stereocenters. The molecule has 0 radical (unpaired) electrons. The molecule has 0 spiro atoms. The van der Waals surface area contributed by atoms with Crippen molar-refractivity contribution in [2.45, 2.75) is 44.4 Å². The van der Waals surface area contributed by atoms with E-state index in [1.807, 2.05) is 12.4 Å². The molecule has 1 aliphatic carbocycles. The van der Waals surface area contributed by atoms with Crippen LogP contribution in [0.3, 0.4) is 0 Å². The average Bonchev–Trinajstić information content (AvgIpc) is 3.34. The molecule has 5 heteroatoms. The van der Waals surface area contributed by atoms with Gasteiger partial charge < -0.3 is 4.90 Å². The topological polar surface area (TPSA) is 38.1 Å². The Morgan fingerprint density at radius 1 is 1.04 bits per heavy atom. The minimum atomic E-state index is -0.240. The number of carbonyl (C=O) groups excluding carboxylic acids is 1. The van der Waals surface area contributed by atoms with Crippen LogP contribution in [0.2, 0.25) is 0 Å². The summed E-state index contributed by atoms with van der Waals surface area (Å²) in [6, 6.07) is 6.36. The van der Waals surface area contributed by atoms with Gasteiger partial charge in [-0.05, 0) is 61.4 Å². The average molecular weight is 341 g/mol. The van der Waals surface area contributed by atoms with E-state index >= 15 is 0 Å². The summed E-state index contributed by atoms with van der Waals surface area (Å²) in [4.78, 5) is 14.6. The smallest absolute Gasteiger partial charge is 0.225 e. The number of hydrogen-bond acceptors (Lipinski definition) is 2. The van der Waals surface area contributed by atoms with Crippen molar-refractivity contribution in [3.63, 3.8) is 0 Å². The van der Waals surface area contributed by atoms with Crippen LogP contribution < -0.4 is 0 Å². The number of nitrogens with zero attached hydrogens (tertiary/aromatic N) is 3. The van der Waals surface area contributed by atoms with Crippen LogP contribution in [0.4, 0.5) is 4.39 Å². The number of hydrogen-bond donors (Lipinski definition) is 0. The number of benzene rings is 1. The van der Waals surface area contributed by atoms with Crippen molar-refractivity contribution in [1.82, 2.24) is 14.7 Å². The van der Waals surface area contributed by atoms with E-state index in [4.69, 9.17) is 0 Å². The van der Waals surface area contributed by atoms with E-state index in [0.717, 1.165) is 44.5 Å². The van der Waals surface area contributed by atoms with Crippen LogP contribution in [-0.4, -0.2) is 33.7 Å². The van der Waals surface area contributed by atoms with Gasteiger partial charge in [0.15, 0.2) is 0 Å². The zero-order valence-electron chi connectivity index (χ0n) is 14.4. The molecular formula is C20H24FN3O. The van der Waals surface area contributed by atoms with Crippen molar-refractivity contribution < 1.29 is 9.18 Å². The van der Waals surface area contributed by atoms with E-state index in [1.165, 1.54) is 30.5 Å². The van der Waals surface area contributed by atoms with Crippen LogP contribution in [0.5, 0.6) is 0 Å². The lowest BCUT2D eigenvalue weighted by Crippen LogP contribution is -2.40. The number of aromatic nitrogens is 2. The van der Waals surface area contributed by atoms with Crippen LogP contribution in [0.15, 0.2) is 36.7 Å². The second-order valence-corrected chi connectivity index (χ2v) is 7.28. The van der Waals surface area contributed by atoms with Gasteiger partial charge in [-0.2, -0.15) is 5.10 Å². The van der Waals surface area contributed by atoms with Gasteiger partial charge in [0.05, 0.1) is 11.9 Å². The molecule has 1 saturated heterocycles. The predicted molar refractivity (Wildman–Crippen MR) is 94.0 cm³/mol. The summed E-state index contributed by atoms with van der Waals surface area (Å²) in [6.07, 6.45) is 10.5. The fourth-order valence-corrected chi connectivity index (χ4v) is 4.15. The molecule has 1 aromatic heterocycles. The van der Waals surface area contributed by atoms with Gasteiger partial charge in [0.2, 0.25) is 5.91 Å². The first kappa shape index (κ1) is 16.3. The molecule has 1 aliphatic heterocycles. The minimum Gasteiger partial charge on any atom is -0.342 e. The molecule has 2 fully saturated rings. The molecule has 1 amide bonds. The number of rotatable bonds is 3. The normalized spacial score (nSPS) is 19.5. The summed E-state index contributed by atoms with van der Waals surface area (Å²) in [5.41, 5.74) is 2.07. The van der Waals surface area contributed by atoms with E-state index in [0.29, 0.717) is 11.8 Å². The number of amides is 1. The maximum atomic E-state index is 13.1. The Morgan fingerprint density at radius 2 is 1.72 bits per heavy atom. The summed E-state index contributed by atoms with van der Waals surface area (Å²) in [5, 5.41) is 4.42. The molecule has 4 nitrogen and oxygen atoms in total. The first-order chi connectivity index (χ1) is 12.2. The summed E-state index contributed by atoms with van der Waals surface area (Å²) < 4.78 is 14.8. The molecule has 0 N–H and O–H groups in total. The third-order valence-electron chi connectivity index (χ3n) is 5.68. The molecule has 0 atom stereocenters. The summed E-state index contributed by atoms with van der Waals surface area (Å²) in [5.74, 6) is 0.855. The Kier molecular flexibility index (Phi) is 4.55. The van der Waals surface area contributed by atoms with Crippen molar-refractivity contribution >= 4 is 5.91 Å². The van der Waals surface area contributed by atoms with Gasteiger partial charge in [-0.15, -0.1) is 0 Å². The number of carbonyl (C=O) groups is 1. The van der Waals surface area contributed by atoms with Crippen molar-refractivity contribution in [2.24, 2.45) is 5.92 Å². The van der Waals surface area contributed by atoms with Gasteiger partial charge in [0.1, 0.15) is 5.82 Å². The highest BCUT2D eigenvalue weighted by molar-refractivity contribution is 5.79. The SMILES string of the molecule is O=C(C1CCCC1)N1CCC(c2cnn(-c3ccc(F)cc3)c2)CC1. The fourth-order valence-electron chi connectivity index (χ4n) is 4.15. The molecule has 4 rings (SSSR count). The van der Waals surface area contributed by atoms with Crippen molar-refractivity contribution in [1.29, 1.82) is 0 Å². The zero-order valence-corrected chi connectivity index (χ0v) is 14.4. The Bertz CT molecular complexity index is 726. The molecular weight excluding hydrogens is 317 g/mol. The Hall–Kier alpha value is -2.17. The molecule has 25 heavy (non-hydrogen) atoms. The van der Waals surface area contributed by atoms with Crippen LogP contribution >= 0.6 is 0 Å². The fraction of sp³-hybridized carbons (Fsp3) is 0.500. The lowest BCUT2D eigenvalue weighted by molar-refractivity contribution is -0.136. The minimum absolute atomic E-state index is 0.240. The van der Waals surface area contributed by atoms with Crippen LogP contribution in [0.25, 0.3) is 5.69 Å². The maximum Gasteiger partial charge on any atom is 0.225 e. The van der Waals surface area contributed by atoms with Crippen LogP contribution in [0.1, 0.15) is 50.0 Å². The van der Waals surface area contributed by atoms with Crippen molar-refractivity contribution in [3.05, 3.63) is 48.0 Å². The lowest BCUT2D eigenvalue weighted by Gasteiger charge is -2.33. The first-order valence-corrected chi connectivity index (χ1v) is 9.30. The molecule has 1 saturated carbocycles. The summed E-state index contributed by atoms with van der Waals surface area (Å²) in [6.45, 7) is 1.70. The Morgan fingerprint density at radius 3 is 2.40 bits per heavy atom. The van der Waals surface area contributed by atoms with Crippen molar-refractivity contribution in [3.8, 4) is 5.69 Å². The molecule has 132 valence electrons. The Balaban J connectivity index is 1.38. The highest BCUT2D eigenvalue weighted by atomic mass is 19.1. The number of halogens is 1. The molecule has 2 heterocycles. The quantitative estimate of drug-likeness (QED) is 0.849. The summed E-state index contributed by atoms with van der Waals surface area (Å²) in [7, 11) is 0. The second-order valence-electron chi connectivity index (χ2n) is 7.28. The van der Waals surface area contributed by atoms with E-state index in [2.05, 4.69) is 10.00 Å². The lowest BCUT2D eigenvalue weighted by atomic mass is 9.91. The molecule has 1 aromatic carbocycles. The number of likely N-dealkylation sites (tertiary alicyclic amines) is 1. The van der Waals surface area contributed by atoms with E-state index in [9.17, 15) is 9.18 Å². The predicted octanol–water partition coefficient (Wildman–Crippen LogP) is 3.91. The van der Waals surface area contributed by atoms with E-state index in [-0.39, 0.29) is 11.7 Å². The Labute approximate surface area is 147 Å². The van der Waals surface area contributed by atoms with E-state index < -0.39 is 0 Å². The first-order valence-electron chi connectivity index (χ1n) is 9.30. The summed E-state index contributed by atoms with van der Waals surface area (Å²) >= 11 is 0. The maximum absolute atomic E-state index is 13.1. The number of piperidine rings is 1. The van der Waals surface area contributed by atoms with Gasteiger partial charge in [-0.1, -0.05) is 12.8 Å². The second kappa shape index (κ2) is 6.98. The molecule has 2 aliphatic rings. The largest absolute Gasteiger partial charge is 0.342 e. The van der Waals surface area contributed by atoms with Gasteiger partial charge in [0.25, 0.3) is 0 Å². The van der Waals surface area contributed by atoms with Gasteiger partial charge >= 0.3 is 0 Å². The van der Waals surface area contributed by atoms with Crippen LogP contribution in [0, 0.1) is 11.7 Å². The third kappa shape index (κ3) is 3.46. The third-order valence-corrected chi connectivity index (χ3v) is 5.68. The molecule has 2 aromatic rings. The van der Waals surface area contributed by atoms with Gasteiger partial charge in [-0.3, -0.25) is 4.79 Å².